The number of benzene rings is 2. The lowest BCUT2D eigenvalue weighted by atomic mass is 10.1. The fourth-order valence-electron chi connectivity index (χ4n) is 3.13. The molecule has 2 amide bonds. The molecule has 8 heteroatoms. The first kappa shape index (κ1) is 19.8. The second-order valence-electron chi connectivity index (χ2n) is 6.95. The highest BCUT2D eigenvalue weighted by Crippen LogP contribution is 2.21. The molecule has 2 aromatic heterocycles. The van der Waals surface area contributed by atoms with E-state index in [1.165, 1.54) is 12.3 Å². The van der Waals surface area contributed by atoms with Crippen molar-refractivity contribution in [3.8, 4) is 0 Å². The summed E-state index contributed by atoms with van der Waals surface area (Å²) in [6.45, 7) is 1.80. The smallest absolute Gasteiger partial charge is 0.352 e. The Kier molecular flexibility index (Phi) is 5.19. The number of carbonyl (C=O) groups is 3. The van der Waals surface area contributed by atoms with Crippen molar-refractivity contribution < 1.29 is 19.5 Å². The molecular formula is C23H18N4O4. The van der Waals surface area contributed by atoms with Gasteiger partial charge in [-0.1, -0.05) is 24.3 Å². The number of nitrogens with zero attached hydrogens (tertiary/aromatic N) is 1. The number of fused-ring (bicyclic) bond motifs is 1. The van der Waals surface area contributed by atoms with Crippen molar-refractivity contribution in [3.63, 3.8) is 0 Å². The Morgan fingerprint density at radius 1 is 0.903 bits per heavy atom. The van der Waals surface area contributed by atoms with E-state index in [9.17, 15) is 14.4 Å². The molecule has 0 unspecified atom stereocenters. The predicted molar refractivity (Wildman–Crippen MR) is 117 cm³/mol. The molecule has 2 aromatic carbocycles. The Balaban J connectivity index is 1.54. The van der Waals surface area contributed by atoms with Gasteiger partial charge in [-0.15, -0.1) is 0 Å². The molecule has 0 saturated carbocycles. The number of aromatic carboxylic acids is 1. The van der Waals surface area contributed by atoms with Gasteiger partial charge < -0.3 is 20.7 Å². The number of hydrogen-bond donors (Lipinski definition) is 4. The number of aromatic nitrogens is 2. The van der Waals surface area contributed by atoms with E-state index in [-0.39, 0.29) is 17.5 Å². The SMILES string of the molecule is Cc1ccc(NC(=O)c2ccccc2)cc1C(=O)Nc1cnc2[nH]c(C(=O)O)cc2c1. The van der Waals surface area contributed by atoms with Gasteiger partial charge in [0.25, 0.3) is 11.8 Å². The van der Waals surface area contributed by atoms with Gasteiger partial charge in [0.15, 0.2) is 0 Å². The Morgan fingerprint density at radius 3 is 2.39 bits per heavy atom. The molecule has 154 valence electrons. The molecule has 0 bridgehead atoms. The van der Waals surface area contributed by atoms with Crippen molar-refractivity contribution in [2.45, 2.75) is 6.92 Å². The molecule has 0 atom stereocenters. The molecule has 4 N–H and O–H groups in total. The van der Waals surface area contributed by atoms with Gasteiger partial charge in [0.05, 0.1) is 11.9 Å². The number of H-pyrrole nitrogens is 1. The summed E-state index contributed by atoms with van der Waals surface area (Å²) in [5.74, 6) is -1.73. The molecule has 0 aliphatic carbocycles. The average molecular weight is 414 g/mol. The molecule has 2 heterocycles. The number of aromatic amines is 1. The summed E-state index contributed by atoms with van der Waals surface area (Å²) in [4.78, 5) is 43.2. The number of carbonyl (C=O) groups excluding carboxylic acids is 2. The Labute approximate surface area is 176 Å². The van der Waals surface area contributed by atoms with Crippen LogP contribution in [0.15, 0.2) is 66.9 Å². The number of amides is 2. The van der Waals surface area contributed by atoms with Gasteiger partial charge in [-0.25, -0.2) is 9.78 Å². The van der Waals surface area contributed by atoms with Crippen LogP contribution in [0, 0.1) is 6.92 Å². The first-order valence-corrected chi connectivity index (χ1v) is 9.41. The maximum absolute atomic E-state index is 12.8. The van der Waals surface area contributed by atoms with E-state index in [1.807, 2.05) is 6.07 Å². The number of hydrogen-bond acceptors (Lipinski definition) is 4. The van der Waals surface area contributed by atoms with Crippen LogP contribution < -0.4 is 10.6 Å². The van der Waals surface area contributed by atoms with Crippen molar-refractivity contribution in [2.24, 2.45) is 0 Å². The zero-order valence-electron chi connectivity index (χ0n) is 16.5. The molecule has 8 nitrogen and oxygen atoms in total. The molecular weight excluding hydrogens is 396 g/mol. The van der Waals surface area contributed by atoms with Crippen LogP contribution in [0.4, 0.5) is 11.4 Å². The largest absolute Gasteiger partial charge is 0.477 e. The maximum atomic E-state index is 12.8. The number of carboxylic acids is 1. The fourth-order valence-corrected chi connectivity index (χ4v) is 3.13. The van der Waals surface area contributed by atoms with E-state index in [4.69, 9.17) is 5.11 Å². The van der Waals surface area contributed by atoms with Crippen molar-refractivity contribution in [1.82, 2.24) is 9.97 Å². The number of nitrogens with one attached hydrogen (secondary N) is 3. The van der Waals surface area contributed by atoms with Gasteiger partial charge in [0.2, 0.25) is 0 Å². The highest BCUT2D eigenvalue weighted by atomic mass is 16.4. The summed E-state index contributed by atoms with van der Waals surface area (Å²) >= 11 is 0. The quantitative estimate of drug-likeness (QED) is 0.392. The Bertz CT molecular complexity index is 1310. The summed E-state index contributed by atoms with van der Waals surface area (Å²) in [7, 11) is 0. The van der Waals surface area contributed by atoms with Crippen molar-refractivity contribution in [1.29, 1.82) is 0 Å². The van der Waals surface area contributed by atoms with Crippen LogP contribution in [0.2, 0.25) is 0 Å². The minimum absolute atomic E-state index is 0.0173. The molecule has 0 radical (unpaired) electrons. The minimum atomic E-state index is -1.09. The van der Waals surface area contributed by atoms with Gasteiger partial charge in [-0.2, -0.15) is 0 Å². The maximum Gasteiger partial charge on any atom is 0.352 e. The van der Waals surface area contributed by atoms with Gasteiger partial charge in [0.1, 0.15) is 11.3 Å². The van der Waals surface area contributed by atoms with Crippen LogP contribution in [0.5, 0.6) is 0 Å². The third kappa shape index (κ3) is 4.27. The summed E-state index contributed by atoms with van der Waals surface area (Å²) in [6.07, 6.45) is 1.44. The van der Waals surface area contributed by atoms with Gasteiger partial charge in [0, 0.05) is 22.2 Å². The number of anilines is 2. The topological polar surface area (TPSA) is 124 Å². The van der Waals surface area contributed by atoms with Crippen LogP contribution in [-0.2, 0) is 0 Å². The molecule has 0 spiro atoms. The van der Waals surface area contributed by atoms with Gasteiger partial charge >= 0.3 is 5.97 Å². The molecule has 0 saturated heterocycles. The minimum Gasteiger partial charge on any atom is -0.477 e. The zero-order valence-corrected chi connectivity index (χ0v) is 16.5. The average Bonchev–Trinajstić information content (AvgIpc) is 3.19. The molecule has 0 fully saturated rings. The van der Waals surface area contributed by atoms with Crippen LogP contribution >= 0.6 is 0 Å². The Morgan fingerprint density at radius 2 is 1.65 bits per heavy atom. The highest BCUT2D eigenvalue weighted by Gasteiger charge is 2.14. The summed E-state index contributed by atoms with van der Waals surface area (Å²) in [5, 5.41) is 15.2. The lowest BCUT2D eigenvalue weighted by Crippen LogP contribution is -2.16. The summed E-state index contributed by atoms with van der Waals surface area (Å²) < 4.78 is 0. The number of carboxylic acid groups (broad SMARTS) is 1. The summed E-state index contributed by atoms with van der Waals surface area (Å²) in [6, 6.07) is 17.0. The van der Waals surface area contributed by atoms with E-state index in [2.05, 4.69) is 20.6 Å². The lowest BCUT2D eigenvalue weighted by Gasteiger charge is -2.11. The summed E-state index contributed by atoms with van der Waals surface area (Å²) in [5.41, 5.74) is 2.99. The van der Waals surface area contributed by atoms with Crippen molar-refractivity contribution in [3.05, 3.63) is 89.2 Å². The van der Waals surface area contributed by atoms with Crippen molar-refractivity contribution >= 4 is 40.2 Å². The van der Waals surface area contributed by atoms with Crippen LogP contribution in [0.1, 0.15) is 36.8 Å². The number of aryl methyl sites for hydroxylation is 1. The standard InChI is InChI=1S/C23H18N4O4/c1-13-7-8-16(25-21(28)14-5-3-2-4-6-14)11-18(13)22(29)26-17-9-15-10-19(23(30)31)27-20(15)24-12-17/h2-12H,1H3,(H,24,27)(H,25,28)(H,26,29)(H,30,31). The van der Waals surface area contributed by atoms with Crippen LogP contribution in [-0.4, -0.2) is 32.9 Å². The van der Waals surface area contributed by atoms with E-state index in [0.717, 1.165) is 5.56 Å². The van der Waals surface area contributed by atoms with Crippen LogP contribution in [0.25, 0.3) is 11.0 Å². The third-order valence-electron chi connectivity index (χ3n) is 4.73. The molecule has 31 heavy (non-hydrogen) atoms. The second kappa shape index (κ2) is 8.11. The highest BCUT2D eigenvalue weighted by molar-refractivity contribution is 6.08. The van der Waals surface area contributed by atoms with E-state index < -0.39 is 5.97 Å². The fraction of sp³-hybridized carbons (Fsp3) is 0.0435. The zero-order chi connectivity index (χ0) is 22.0. The monoisotopic (exact) mass is 414 g/mol. The first-order valence-electron chi connectivity index (χ1n) is 9.41. The third-order valence-corrected chi connectivity index (χ3v) is 4.73. The van der Waals surface area contributed by atoms with Crippen LogP contribution in [0.3, 0.4) is 0 Å². The van der Waals surface area contributed by atoms with E-state index >= 15 is 0 Å². The molecule has 0 aliphatic rings. The van der Waals surface area contributed by atoms with E-state index in [1.54, 1.807) is 55.5 Å². The predicted octanol–water partition coefficient (Wildman–Crippen LogP) is 4.07. The molecule has 4 aromatic rings. The lowest BCUT2D eigenvalue weighted by molar-refractivity contribution is 0.0691. The Hall–Kier alpha value is -4.46. The molecule has 4 rings (SSSR count). The van der Waals surface area contributed by atoms with Gasteiger partial charge in [-0.05, 0) is 48.9 Å². The first-order chi connectivity index (χ1) is 14.9. The second-order valence-corrected chi connectivity index (χ2v) is 6.95. The van der Waals surface area contributed by atoms with Crippen molar-refractivity contribution in [2.75, 3.05) is 10.6 Å². The normalized spacial score (nSPS) is 10.6. The van der Waals surface area contributed by atoms with E-state index in [0.29, 0.717) is 33.5 Å². The number of pyridine rings is 1. The molecule has 0 aliphatic heterocycles. The number of rotatable bonds is 5. The van der Waals surface area contributed by atoms with Gasteiger partial charge in [-0.3, -0.25) is 9.59 Å².